The summed E-state index contributed by atoms with van der Waals surface area (Å²) in [5.41, 5.74) is 5.01. The van der Waals surface area contributed by atoms with E-state index in [4.69, 9.17) is 10.5 Å². The Morgan fingerprint density at radius 3 is 2.47 bits per heavy atom. The molecule has 0 spiro atoms. The molecule has 2 fully saturated rings. The van der Waals surface area contributed by atoms with Gasteiger partial charge < -0.3 is 15.6 Å². The monoisotopic (exact) mass is 241 g/mol. The molecule has 3 unspecified atom stereocenters. The molecule has 1 heterocycles. The minimum atomic E-state index is -0.754. The van der Waals surface area contributed by atoms with E-state index in [1.54, 1.807) is 0 Å². The molecule has 2 aliphatic rings. The van der Waals surface area contributed by atoms with Gasteiger partial charge in [0.15, 0.2) is 0 Å². The molecular weight excluding hydrogens is 218 g/mol. The molecule has 1 saturated carbocycles. The van der Waals surface area contributed by atoms with E-state index in [2.05, 4.69) is 0 Å². The zero-order valence-corrected chi connectivity index (χ0v) is 10.5. The smallest absolute Gasteiger partial charge is 0.311 e. The number of rotatable bonds is 6. The molecular formula is C13H23NO3. The molecule has 1 aliphatic carbocycles. The van der Waals surface area contributed by atoms with Crippen LogP contribution in [0, 0.1) is 11.3 Å². The van der Waals surface area contributed by atoms with E-state index in [0.717, 1.165) is 32.1 Å². The van der Waals surface area contributed by atoms with Crippen molar-refractivity contribution in [3.63, 3.8) is 0 Å². The van der Waals surface area contributed by atoms with E-state index in [9.17, 15) is 9.90 Å². The molecule has 4 nitrogen and oxygen atoms in total. The second-order valence-electron chi connectivity index (χ2n) is 5.79. The molecule has 0 aromatic rings. The lowest BCUT2D eigenvalue weighted by Gasteiger charge is -2.30. The fourth-order valence-electron chi connectivity index (χ4n) is 2.86. The highest BCUT2D eigenvalue weighted by Crippen LogP contribution is 2.44. The summed E-state index contributed by atoms with van der Waals surface area (Å²) in [6.45, 7) is 2.28. The predicted octanol–water partition coefficient (Wildman–Crippen LogP) is 1.77. The van der Waals surface area contributed by atoms with Gasteiger partial charge in [0.25, 0.3) is 0 Å². The average Bonchev–Trinajstić information content (AvgIpc) is 3.00. The van der Waals surface area contributed by atoms with Gasteiger partial charge in [0, 0.05) is 6.54 Å². The molecule has 0 amide bonds. The minimum Gasteiger partial charge on any atom is -0.481 e. The molecule has 3 atom stereocenters. The van der Waals surface area contributed by atoms with E-state index in [1.165, 1.54) is 0 Å². The number of carboxylic acid groups (broad SMARTS) is 1. The van der Waals surface area contributed by atoms with Gasteiger partial charge in [-0.15, -0.1) is 0 Å². The van der Waals surface area contributed by atoms with Gasteiger partial charge in [-0.3, -0.25) is 4.79 Å². The summed E-state index contributed by atoms with van der Waals surface area (Å²) in [6.07, 6.45) is 6.00. The number of aliphatic carboxylic acids is 1. The maximum Gasteiger partial charge on any atom is 0.311 e. The first kappa shape index (κ1) is 12.8. The van der Waals surface area contributed by atoms with Gasteiger partial charge in [-0.1, -0.05) is 12.8 Å². The Bertz CT molecular complexity index is 290. The summed E-state index contributed by atoms with van der Waals surface area (Å²) >= 11 is 0. The summed E-state index contributed by atoms with van der Waals surface area (Å²) in [5, 5.41) is 9.49. The predicted molar refractivity (Wildman–Crippen MR) is 64.7 cm³/mol. The molecule has 4 heteroatoms. The van der Waals surface area contributed by atoms with Crippen molar-refractivity contribution in [3.05, 3.63) is 0 Å². The van der Waals surface area contributed by atoms with Crippen LogP contribution in [-0.2, 0) is 9.53 Å². The fraction of sp³-hybridized carbons (Fsp3) is 0.923. The van der Waals surface area contributed by atoms with Crippen LogP contribution >= 0.6 is 0 Å². The summed E-state index contributed by atoms with van der Waals surface area (Å²) < 4.78 is 5.75. The van der Waals surface area contributed by atoms with Gasteiger partial charge in [0.1, 0.15) is 0 Å². The Labute approximate surface area is 103 Å². The van der Waals surface area contributed by atoms with Crippen LogP contribution in [0.1, 0.15) is 45.4 Å². The minimum absolute atomic E-state index is 0.0865. The fourth-order valence-corrected chi connectivity index (χ4v) is 2.86. The lowest BCUT2D eigenvalue weighted by Crippen LogP contribution is -2.42. The van der Waals surface area contributed by atoms with Gasteiger partial charge >= 0.3 is 5.97 Å². The summed E-state index contributed by atoms with van der Waals surface area (Å²) in [4.78, 5) is 11.5. The van der Waals surface area contributed by atoms with Crippen molar-refractivity contribution in [1.82, 2.24) is 0 Å². The van der Waals surface area contributed by atoms with Crippen molar-refractivity contribution in [2.24, 2.45) is 17.1 Å². The molecule has 0 aromatic carbocycles. The first-order chi connectivity index (χ1) is 8.05. The van der Waals surface area contributed by atoms with Crippen LogP contribution in [0.2, 0.25) is 0 Å². The van der Waals surface area contributed by atoms with E-state index in [-0.39, 0.29) is 18.8 Å². The van der Waals surface area contributed by atoms with Crippen LogP contribution in [-0.4, -0.2) is 29.8 Å². The Kier molecular flexibility index (Phi) is 3.73. The van der Waals surface area contributed by atoms with Crippen molar-refractivity contribution in [3.8, 4) is 0 Å². The molecule has 2 rings (SSSR count). The zero-order chi connectivity index (χ0) is 12.5. The maximum absolute atomic E-state index is 11.5. The average molecular weight is 241 g/mol. The Balaban J connectivity index is 2.00. The molecule has 17 heavy (non-hydrogen) atoms. The highest BCUT2D eigenvalue weighted by Gasteiger charge is 2.44. The summed E-state index contributed by atoms with van der Waals surface area (Å²) in [7, 11) is 0. The highest BCUT2D eigenvalue weighted by atomic mass is 16.5. The maximum atomic E-state index is 11.5. The highest BCUT2D eigenvalue weighted by molar-refractivity contribution is 5.75. The van der Waals surface area contributed by atoms with Crippen molar-refractivity contribution in [2.45, 2.75) is 57.7 Å². The summed E-state index contributed by atoms with van der Waals surface area (Å²) in [6, 6.07) is 0. The van der Waals surface area contributed by atoms with Gasteiger partial charge in [0.2, 0.25) is 0 Å². The van der Waals surface area contributed by atoms with Crippen molar-refractivity contribution in [1.29, 1.82) is 0 Å². The number of hydrogen-bond acceptors (Lipinski definition) is 3. The second-order valence-corrected chi connectivity index (χ2v) is 5.79. The number of carboxylic acids is 1. The van der Waals surface area contributed by atoms with Crippen LogP contribution in [0.5, 0.6) is 0 Å². The largest absolute Gasteiger partial charge is 0.481 e. The number of ether oxygens (including phenoxy) is 1. The normalized spacial score (nSPS) is 32.4. The molecule has 0 radical (unpaired) electrons. The first-order valence-corrected chi connectivity index (χ1v) is 6.64. The zero-order valence-electron chi connectivity index (χ0n) is 10.5. The molecule has 98 valence electrons. The van der Waals surface area contributed by atoms with E-state index in [0.29, 0.717) is 12.3 Å². The first-order valence-electron chi connectivity index (χ1n) is 6.64. The quantitative estimate of drug-likeness (QED) is 0.743. The number of nitrogens with two attached hydrogens (primary N) is 1. The Morgan fingerprint density at radius 1 is 1.35 bits per heavy atom. The third-order valence-corrected chi connectivity index (χ3v) is 4.16. The van der Waals surface area contributed by atoms with Crippen LogP contribution < -0.4 is 5.73 Å². The Hall–Kier alpha value is -0.610. The van der Waals surface area contributed by atoms with Crippen molar-refractivity contribution in [2.75, 3.05) is 6.54 Å². The van der Waals surface area contributed by atoms with Crippen LogP contribution in [0.15, 0.2) is 0 Å². The Morgan fingerprint density at radius 2 is 2.06 bits per heavy atom. The third kappa shape index (κ3) is 2.99. The lowest BCUT2D eigenvalue weighted by molar-refractivity contribution is -0.151. The number of carbonyl (C=O) groups is 1. The van der Waals surface area contributed by atoms with E-state index < -0.39 is 11.4 Å². The molecule has 0 aromatic heterocycles. The molecule has 1 saturated heterocycles. The van der Waals surface area contributed by atoms with Crippen LogP contribution in [0.25, 0.3) is 0 Å². The second kappa shape index (κ2) is 4.94. The topological polar surface area (TPSA) is 72.6 Å². The van der Waals surface area contributed by atoms with Crippen molar-refractivity contribution >= 4 is 5.97 Å². The third-order valence-electron chi connectivity index (χ3n) is 4.16. The van der Waals surface area contributed by atoms with E-state index >= 15 is 0 Å². The molecule has 0 bridgehead atoms. The van der Waals surface area contributed by atoms with Gasteiger partial charge in [-0.05, 0) is 38.5 Å². The standard InChI is InChI=1S/C13H23NO3/c1-9-2-5-11(17-9)7-13(8-14,12(15)16)6-10-3-4-10/h9-11H,2-8,14H2,1H3,(H,15,16). The summed E-state index contributed by atoms with van der Waals surface area (Å²) in [5.74, 6) is -0.163. The SMILES string of the molecule is CC1CCC(CC(CN)(CC2CC2)C(=O)O)O1. The van der Waals surface area contributed by atoms with Crippen LogP contribution in [0.3, 0.4) is 0 Å². The van der Waals surface area contributed by atoms with Crippen LogP contribution in [0.4, 0.5) is 0 Å². The molecule has 3 N–H and O–H groups in total. The van der Waals surface area contributed by atoms with Gasteiger partial charge in [-0.2, -0.15) is 0 Å². The van der Waals surface area contributed by atoms with Crippen molar-refractivity contribution < 1.29 is 14.6 Å². The molecule has 1 aliphatic heterocycles. The lowest BCUT2D eigenvalue weighted by atomic mass is 9.77. The number of hydrogen-bond donors (Lipinski definition) is 2. The van der Waals surface area contributed by atoms with Gasteiger partial charge in [0.05, 0.1) is 17.6 Å². The van der Waals surface area contributed by atoms with Gasteiger partial charge in [-0.25, -0.2) is 0 Å². The van der Waals surface area contributed by atoms with E-state index in [1.807, 2.05) is 6.92 Å².